The van der Waals surface area contributed by atoms with Gasteiger partial charge in [-0.25, -0.2) is 8.42 Å². The molecular weight excluding hydrogens is 432 g/mol. The fraction of sp³-hybridized carbons (Fsp3) is 0.0741. The molecule has 0 atom stereocenters. The van der Waals surface area contributed by atoms with Crippen LogP contribution in [0, 0.1) is 13.8 Å². The summed E-state index contributed by atoms with van der Waals surface area (Å²) < 4.78 is 28.1. The normalized spacial score (nSPS) is 11.1. The molecule has 4 aromatic rings. The first-order valence-corrected chi connectivity index (χ1v) is 12.0. The minimum atomic E-state index is -3.73. The Bertz CT molecular complexity index is 1380. The molecule has 4 aromatic carbocycles. The lowest BCUT2D eigenvalue weighted by Gasteiger charge is -2.12. The molecule has 0 aliphatic rings. The standard InChI is InChI=1S/C27H24N2O3S/c1-19-8-9-20(2)26(18-19)33(31,32)29-25-16-12-23(13-17-25)27(30)28-24-14-10-22(11-15-24)21-6-4-3-5-7-21/h3-18,29H,1-2H3,(H,28,30). The van der Waals surface area contributed by atoms with E-state index in [9.17, 15) is 13.2 Å². The van der Waals surface area contributed by atoms with Crippen molar-refractivity contribution in [2.24, 2.45) is 0 Å². The summed E-state index contributed by atoms with van der Waals surface area (Å²) in [6.07, 6.45) is 0. The van der Waals surface area contributed by atoms with Gasteiger partial charge in [0, 0.05) is 16.9 Å². The highest BCUT2D eigenvalue weighted by Gasteiger charge is 2.17. The van der Waals surface area contributed by atoms with Gasteiger partial charge in [0.15, 0.2) is 0 Å². The van der Waals surface area contributed by atoms with E-state index in [4.69, 9.17) is 0 Å². The number of nitrogens with one attached hydrogen (secondary N) is 2. The summed E-state index contributed by atoms with van der Waals surface area (Å²) in [6.45, 7) is 3.61. The Morgan fingerprint density at radius 3 is 1.97 bits per heavy atom. The maximum Gasteiger partial charge on any atom is 0.262 e. The highest BCUT2D eigenvalue weighted by atomic mass is 32.2. The third-order valence-corrected chi connectivity index (χ3v) is 6.81. The molecule has 0 unspecified atom stereocenters. The molecule has 5 nitrogen and oxygen atoms in total. The van der Waals surface area contributed by atoms with E-state index in [-0.39, 0.29) is 10.8 Å². The van der Waals surface area contributed by atoms with Crippen LogP contribution in [0.2, 0.25) is 0 Å². The summed E-state index contributed by atoms with van der Waals surface area (Å²) in [4.78, 5) is 12.9. The van der Waals surface area contributed by atoms with Gasteiger partial charge < -0.3 is 5.32 Å². The lowest BCUT2D eigenvalue weighted by molar-refractivity contribution is 0.102. The van der Waals surface area contributed by atoms with Gasteiger partial charge in [0.1, 0.15) is 0 Å². The van der Waals surface area contributed by atoms with E-state index in [1.54, 1.807) is 43.3 Å². The Labute approximate surface area is 194 Å². The molecule has 0 heterocycles. The largest absolute Gasteiger partial charge is 0.322 e. The van der Waals surface area contributed by atoms with Crippen LogP contribution in [0.1, 0.15) is 21.5 Å². The number of amides is 1. The minimum Gasteiger partial charge on any atom is -0.322 e. The molecule has 0 aliphatic heterocycles. The fourth-order valence-corrected chi connectivity index (χ4v) is 4.87. The predicted molar refractivity (Wildman–Crippen MR) is 133 cm³/mol. The summed E-state index contributed by atoms with van der Waals surface area (Å²) in [5.41, 5.74) is 5.20. The smallest absolute Gasteiger partial charge is 0.262 e. The molecule has 0 spiro atoms. The first-order valence-electron chi connectivity index (χ1n) is 10.5. The van der Waals surface area contributed by atoms with Crippen molar-refractivity contribution in [1.82, 2.24) is 0 Å². The lowest BCUT2D eigenvalue weighted by atomic mass is 10.1. The average Bonchev–Trinajstić information content (AvgIpc) is 2.82. The number of aryl methyl sites for hydroxylation is 2. The maximum atomic E-state index is 12.8. The highest BCUT2D eigenvalue weighted by Crippen LogP contribution is 2.23. The van der Waals surface area contributed by atoms with Crippen LogP contribution in [0.3, 0.4) is 0 Å². The van der Waals surface area contributed by atoms with Crippen LogP contribution in [0.4, 0.5) is 11.4 Å². The van der Waals surface area contributed by atoms with Crippen LogP contribution in [0.5, 0.6) is 0 Å². The van der Waals surface area contributed by atoms with Gasteiger partial charge in [-0.3, -0.25) is 9.52 Å². The molecule has 0 saturated carbocycles. The number of anilines is 2. The number of hydrogen-bond donors (Lipinski definition) is 2. The van der Waals surface area contributed by atoms with Crippen molar-refractivity contribution in [3.63, 3.8) is 0 Å². The van der Waals surface area contributed by atoms with E-state index < -0.39 is 10.0 Å². The Morgan fingerprint density at radius 1 is 0.697 bits per heavy atom. The Kier molecular flexibility index (Phi) is 6.29. The monoisotopic (exact) mass is 456 g/mol. The molecule has 1 amide bonds. The van der Waals surface area contributed by atoms with E-state index in [0.29, 0.717) is 22.5 Å². The lowest BCUT2D eigenvalue weighted by Crippen LogP contribution is -2.15. The molecule has 0 aliphatic carbocycles. The van der Waals surface area contributed by atoms with Crippen molar-refractivity contribution in [3.05, 3.63) is 114 Å². The minimum absolute atomic E-state index is 0.239. The molecular formula is C27H24N2O3S. The van der Waals surface area contributed by atoms with Crippen molar-refractivity contribution >= 4 is 27.3 Å². The SMILES string of the molecule is Cc1ccc(C)c(S(=O)(=O)Nc2ccc(C(=O)Nc3ccc(-c4ccccc4)cc3)cc2)c1. The summed E-state index contributed by atoms with van der Waals surface area (Å²) in [6, 6.07) is 29.3. The van der Waals surface area contributed by atoms with E-state index in [0.717, 1.165) is 16.7 Å². The van der Waals surface area contributed by atoms with Crippen molar-refractivity contribution in [3.8, 4) is 11.1 Å². The zero-order chi connectivity index (χ0) is 23.4. The van der Waals surface area contributed by atoms with E-state index in [1.807, 2.05) is 67.6 Å². The zero-order valence-corrected chi connectivity index (χ0v) is 19.2. The van der Waals surface area contributed by atoms with Gasteiger partial charge in [0.05, 0.1) is 4.90 Å². The van der Waals surface area contributed by atoms with Crippen molar-refractivity contribution < 1.29 is 13.2 Å². The predicted octanol–water partition coefficient (Wildman–Crippen LogP) is 6.02. The van der Waals surface area contributed by atoms with Crippen LogP contribution in [-0.2, 0) is 10.0 Å². The second-order valence-electron chi connectivity index (χ2n) is 7.85. The zero-order valence-electron chi connectivity index (χ0n) is 18.4. The van der Waals surface area contributed by atoms with Gasteiger partial charge in [0.25, 0.3) is 15.9 Å². The number of carbonyl (C=O) groups excluding carboxylic acids is 1. The van der Waals surface area contributed by atoms with Crippen molar-refractivity contribution in [2.75, 3.05) is 10.0 Å². The maximum absolute atomic E-state index is 12.8. The highest BCUT2D eigenvalue weighted by molar-refractivity contribution is 7.92. The number of carbonyl (C=O) groups is 1. The number of benzene rings is 4. The Balaban J connectivity index is 1.43. The average molecular weight is 457 g/mol. The topological polar surface area (TPSA) is 75.3 Å². The Hall–Kier alpha value is -3.90. The summed E-state index contributed by atoms with van der Waals surface area (Å²) >= 11 is 0. The number of sulfonamides is 1. The molecule has 0 aromatic heterocycles. The first-order chi connectivity index (χ1) is 15.8. The fourth-order valence-electron chi connectivity index (χ4n) is 3.48. The molecule has 166 valence electrons. The summed E-state index contributed by atoms with van der Waals surface area (Å²) in [7, 11) is -3.73. The van der Waals surface area contributed by atoms with Crippen LogP contribution < -0.4 is 10.0 Å². The molecule has 0 fully saturated rings. The van der Waals surface area contributed by atoms with Gasteiger partial charge in [-0.15, -0.1) is 0 Å². The second-order valence-corrected chi connectivity index (χ2v) is 9.50. The van der Waals surface area contributed by atoms with Crippen LogP contribution in [-0.4, -0.2) is 14.3 Å². The number of hydrogen-bond acceptors (Lipinski definition) is 3. The van der Waals surface area contributed by atoms with Gasteiger partial charge in [-0.1, -0.05) is 54.6 Å². The molecule has 0 radical (unpaired) electrons. The van der Waals surface area contributed by atoms with E-state index in [1.165, 1.54) is 0 Å². The molecule has 4 rings (SSSR count). The van der Waals surface area contributed by atoms with Gasteiger partial charge in [0.2, 0.25) is 0 Å². The molecule has 0 bridgehead atoms. The Morgan fingerprint density at radius 2 is 1.30 bits per heavy atom. The number of rotatable bonds is 6. The third kappa shape index (κ3) is 5.30. The second kappa shape index (κ2) is 9.30. The van der Waals surface area contributed by atoms with Gasteiger partial charge >= 0.3 is 0 Å². The van der Waals surface area contributed by atoms with Crippen LogP contribution in [0.15, 0.2) is 102 Å². The molecule has 33 heavy (non-hydrogen) atoms. The summed E-state index contributed by atoms with van der Waals surface area (Å²) in [5.74, 6) is -0.272. The van der Waals surface area contributed by atoms with Crippen molar-refractivity contribution in [2.45, 2.75) is 18.7 Å². The van der Waals surface area contributed by atoms with Crippen LogP contribution in [0.25, 0.3) is 11.1 Å². The molecule has 6 heteroatoms. The van der Waals surface area contributed by atoms with E-state index in [2.05, 4.69) is 10.0 Å². The first kappa shape index (κ1) is 22.3. The van der Waals surface area contributed by atoms with E-state index >= 15 is 0 Å². The molecule has 0 saturated heterocycles. The molecule has 2 N–H and O–H groups in total. The third-order valence-electron chi connectivity index (χ3n) is 5.28. The van der Waals surface area contributed by atoms with Crippen molar-refractivity contribution in [1.29, 1.82) is 0 Å². The van der Waals surface area contributed by atoms with Crippen LogP contribution >= 0.6 is 0 Å². The van der Waals surface area contributed by atoms with Gasteiger partial charge in [-0.05, 0) is 78.6 Å². The summed E-state index contributed by atoms with van der Waals surface area (Å²) in [5, 5.41) is 2.87. The van der Waals surface area contributed by atoms with Gasteiger partial charge in [-0.2, -0.15) is 0 Å². The quantitative estimate of drug-likeness (QED) is 0.372.